The third kappa shape index (κ3) is 2.57. The van der Waals surface area contributed by atoms with Crippen LogP contribution in [-0.4, -0.2) is 28.8 Å². The molecule has 1 aromatic carbocycles. The van der Waals surface area contributed by atoms with E-state index < -0.39 is 0 Å². The summed E-state index contributed by atoms with van der Waals surface area (Å²) in [7, 11) is 0. The van der Waals surface area contributed by atoms with Crippen molar-refractivity contribution in [3.05, 3.63) is 35.5 Å². The van der Waals surface area contributed by atoms with Gasteiger partial charge in [-0.3, -0.25) is 0 Å². The Morgan fingerprint density at radius 2 is 2.25 bits per heavy atom. The monoisotopic (exact) mass is 277 g/mol. The highest BCUT2D eigenvalue weighted by atomic mass is 19.1. The van der Waals surface area contributed by atoms with E-state index in [1.807, 2.05) is 13.8 Å². The van der Waals surface area contributed by atoms with Crippen LogP contribution in [0.4, 0.5) is 4.39 Å². The van der Waals surface area contributed by atoms with Gasteiger partial charge in [0.15, 0.2) is 0 Å². The van der Waals surface area contributed by atoms with Crippen LogP contribution in [0.3, 0.4) is 0 Å². The van der Waals surface area contributed by atoms with Crippen LogP contribution in [0.15, 0.2) is 22.7 Å². The molecule has 2 aromatic rings. The summed E-state index contributed by atoms with van der Waals surface area (Å²) in [4.78, 5) is 4.29. The van der Waals surface area contributed by atoms with Crippen molar-refractivity contribution in [2.24, 2.45) is 0 Å². The predicted octanol–water partition coefficient (Wildman–Crippen LogP) is 2.06. The molecule has 0 bridgehead atoms. The zero-order valence-electron chi connectivity index (χ0n) is 11.4. The Labute approximate surface area is 116 Å². The molecule has 3 rings (SSSR count). The standard InChI is InChI=1S/C14H16FN3O2/c1-9-5-10(15)3-4-11(9)13-17-12(20-18-13)6-19-14(2)7-16-8-14/h3-5,16H,6-8H2,1-2H3. The van der Waals surface area contributed by atoms with E-state index >= 15 is 0 Å². The molecule has 1 aliphatic heterocycles. The summed E-state index contributed by atoms with van der Waals surface area (Å²) in [6.45, 7) is 5.78. The van der Waals surface area contributed by atoms with Gasteiger partial charge in [-0.05, 0) is 37.6 Å². The zero-order chi connectivity index (χ0) is 14.2. The summed E-state index contributed by atoms with van der Waals surface area (Å²) in [5.41, 5.74) is 1.38. The SMILES string of the molecule is Cc1cc(F)ccc1-c1noc(COC2(C)CNC2)n1. The van der Waals surface area contributed by atoms with E-state index in [9.17, 15) is 4.39 Å². The minimum Gasteiger partial charge on any atom is -0.363 e. The lowest BCUT2D eigenvalue weighted by Gasteiger charge is -2.38. The minimum atomic E-state index is -0.274. The van der Waals surface area contributed by atoms with E-state index in [1.165, 1.54) is 12.1 Å². The lowest BCUT2D eigenvalue weighted by molar-refractivity contribution is -0.0841. The van der Waals surface area contributed by atoms with Crippen LogP contribution in [0.1, 0.15) is 18.4 Å². The van der Waals surface area contributed by atoms with E-state index in [0.717, 1.165) is 24.2 Å². The van der Waals surface area contributed by atoms with Crippen LogP contribution < -0.4 is 5.32 Å². The molecular formula is C14H16FN3O2. The van der Waals surface area contributed by atoms with Crippen molar-refractivity contribution in [1.82, 2.24) is 15.5 Å². The van der Waals surface area contributed by atoms with Gasteiger partial charge in [0.25, 0.3) is 5.89 Å². The fraction of sp³-hybridized carbons (Fsp3) is 0.429. The Kier molecular flexibility index (Phi) is 3.27. The van der Waals surface area contributed by atoms with Crippen LogP contribution in [0.25, 0.3) is 11.4 Å². The Morgan fingerprint density at radius 3 is 2.90 bits per heavy atom. The van der Waals surface area contributed by atoms with E-state index in [-0.39, 0.29) is 18.0 Å². The molecule has 0 unspecified atom stereocenters. The van der Waals surface area contributed by atoms with Crippen molar-refractivity contribution in [3.8, 4) is 11.4 Å². The van der Waals surface area contributed by atoms with E-state index in [1.54, 1.807) is 6.07 Å². The van der Waals surface area contributed by atoms with E-state index in [0.29, 0.717) is 11.7 Å². The van der Waals surface area contributed by atoms with Crippen molar-refractivity contribution < 1.29 is 13.7 Å². The number of nitrogens with one attached hydrogen (secondary N) is 1. The first-order valence-corrected chi connectivity index (χ1v) is 6.50. The summed E-state index contributed by atoms with van der Waals surface area (Å²) < 4.78 is 24.0. The van der Waals surface area contributed by atoms with Crippen LogP contribution in [0, 0.1) is 12.7 Å². The zero-order valence-corrected chi connectivity index (χ0v) is 11.4. The van der Waals surface area contributed by atoms with Crippen LogP contribution >= 0.6 is 0 Å². The molecule has 1 N–H and O–H groups in total. The van der Waals surface area contributed by atoms with Gasteiger partial charge in [0.2, 0.25) is 5.82 Å². The van der Waals surface area contributed by atoms with Crippen molar-refractivity contribution in [1.29, 1.82) is 0 Å². The first-order chi connectivity index (χ1) is 9.56. The minimum absolute atomic E-state index is 0.152. The number of benzene rings is 1. The predicted molar refractivity (Wildman–Crippen MR) is 70.5 cm³/mol. The highest BCUT2D eigenvalue weighted by Crippen LogP contribution is 2.22. The maximum absolute atomic E-state index is 13.1. The number of halogens is 1. The maximum atomic E-state index is 13.1. The Balaban J connectivity index is 1.72. The molecule has 0 atom stereocenters. The third-order valence-corrected chi connectivity index (χ3v) is 3.44. The molecule has 5 nitrogen and oxygen atoms in total. The van der Waals surface area contributed by atoms with Gasteiger partial charge in [-0.2, -0.15) is 4.98 Å². The number of nitrogens with zero attached hydrogens (tertiary/aromatic N) is 2. The molecule has 106 valence electrons. The van der Waals surface area contributed by atoms with Gasteiger partial charge in [0.1, 0.15) is 12.4 Å². The molecule has 0 aliphatic carbocycles. The molecule has 0 saturated carbocycles. The quantitative estimate of drug-likeness (QED) is 0.927. The number of ether oxygens (including phenoxy) is 1. The molecule has 1 saturated heterocycles. The van der Waals surface area contributed by atoms with Gasteiger partial charge in [-0.25, -0.2) is 4.39 Å². The van der Waals surface area contributed by atoms with Crippen LogP contribution in [0.5, 0.6) is 0 Å². The van der Waals surface area contributed by atoms with Crippen molar-refractivity contribution in [2.75, 3.05) is 13.1 Å². The molecule has 1 aromatic heterocycles. The molecule has 6 heteroatoms. The van der Waals surface area contributed by atoms with Crippen molar-refractivity contribution >= 4 is 0 Å². The molecule has 1 aliphatic rings. The van der Waals surface area contributed by atoms with E-state index in [4.69, 9.17) is 9.26 Å². The Bertz CT molecular complexity index is 623. The van der Waals surface area contributed by atoms with E-state index in [2.05, 4.69) is 15.5 Å². The lowest BCUT2D eigenvalue weighted by atomic mass is 10.0. The van der Waals surface area contributed by atoms with Crippen LogP contribution in [0.2, 0.25) is 0 Å². The second-order valence-electron chi connectivity index (χ2n) is 5.31. The summed E-state index contributed by atoms with van der Waals surface area (Å²) in [6.07, 6.45) is 0. The normalized spacial score (nSPS) is 16.9. The molecule has 0 radical (unpaired) electrons. The highest BCUT2D eigenvalue weighted by Gasteiger charge is 2.33. The van der Waals surface area contributed by atoms with Gasteiger partial charge in [0, 0.05) is 18.7 Å². The number of hydrogen-bond acceptors (Lipinski definition) is 5. The second kappa shape index (κ2) is 4.96. The van der Waals surface area contributed by atoms with Crippen molar-refractivity contribution in [3.63, 3.8) is 0 Å². The molecule has 2 heterocycles. The number of hydrogen-bond donors (Lipinski definition) is 1. The molecule has 0 amide bonds. The fourth-order valence-electron chi connectivity index (χ4n) is 2.12. The molecule has 1 fully saturated rings. The summed E-state index contributed by atoms with van der Waals surface area (Å²) in [5.74, 6) is 0.610. The number of aromatic nitrogens is 2. The second-order valence-corrected chi connectivity index (χ2v) is 5.31. The average molecular weight is 277 g/mol. The van der Waals surface area contributed by atoms with Gasteiger partial charge < -0.3 is 14.6 Å². The highest BCUT2D eigenvalue weighted by molar-refractivity contribution is 5.59. The summed E-state index contributed by atoms with van der Waals surface area (Å²) in [6, 6.07) is 4.48. The maximum Gasteiger partial charge on any atom is 0.252 e. The first-order valence-electron chi connectivity index (χ1n) is 6.50. The first kappa shape index (κ1) is 13.2. The van der Waals surface area contributed by atoms with Gasteiger partial charge in [-0.1, -0.05) is 5.16 Å². The topological polar surface area (TPSA) is 60.2 Å². The Morgan fingerprint density at radius 1 is 1.45 bits per heavy atom. The summed E-state index contributed by atoms with van der Waals surface area (Å²) in [5, 5.41) is 7.07. The molecule has 0 spiro atoms. The van der Waals surface area contributed by atoms with Gasteiger partial charge in [0.05, 0.1) is 5.60 Å². The fourth-order valence-corrected chi connectivity index (χ4v) is 2.12. The summed E-state index contributed by atoms with van der Waals surface area (Å²) >= 11 is 0. The number of aryl methyl sites for hydroxylation is 1. The number of rotatable bonds is 4. The van der Waals surface area contributed by atoms with Crippen LogP contribution in [-0.2, 0) is 11.3 Å². The Hall–Kier alpha value is -1.79. The van der Waals surface area contributed by atoms with Gasteiger partial charge >= 0.3 is 0 Å². The molecule has 20 heavy (non-hydrogen) atoms. The molecular weight excluding hydrogens is 261 g/mol. The van der Waals surface area contributed by atoms with Crippen molar-refractivity contribution in [2.45, 2.75) is 26.1 Å². The smallest absolute Gasteiger partial charge is 0.252 e. The third-order valence-electron chi connectivity index (χ3n) is 3.44. The average Bonchev–Trinajstić information content (AvgIpc) is 2.82. The lowest BCUT2D eigenvalue weighted by Crippen LogP contribution is -2.58. The van der Waals surface area contributed by atoms with Gasteiger partial charge in [-0.15, -0.1) is 0 Å². The largest absolute Gasteiger partial charge is 0.363 e.